The molecule has 1 heterocycles. The zero-order chi connectivity index (χ0) is 14.5. The van der Waals surface area contributed by atoms with E-state index >= 15 is 0 Å². The van der Waals surface area contributed by atoms with E-state index in [1.54, 1.807) is 6.20 Å². The molecular weight excluding hydrogens is 252 g/mol. The van der Waals surface area contributed by atoms with Crippen molar-refractivity contribution in [1.29, 1.82) is 0 Å². The van der Waals surface area contributed by atoms with Gasteiger partial charge >= 0.3 is 0 Å². The van der Waals surface area contributed by atoms with Gasteiger partial charge in [-0.1, -0.05) is 17.3 Å². The van der Waals surface area contributed by atoms with Gasteiger partial charge in [0, 0.05) is 30.6 Å². The molecule has 0 amide bonds. The Morgan fingerprint density at radius 2 is 2.25 bits per heavy atom. The van der Waals surface area contributed by atoms with Gasteiger partial charge in [-0.2, -0.15) is 0 Å². The molecule has 0 saturated heterocycles. The summed E-state index contributed by atoms with van der Waals surface area (Å²) in [6.07, 6.45) is 2.34. The van der Waals surface area contributed by atoms with Gasteiger partial charge in [-0.15, -0.1) is 0 Å². The summed E-state index contributed by atoms with van der Waals surface area (Å²) in [5, 5.41) is 12.8. The van der Waals surface area contributed by atoms with Crippen molar-refractivity contribution in [3.8, 4) is 0 Å². The van der Waals surface area contributed by atoms with E-state index in [1.165, 1.54) is 5.56 Å². The second-order valence-corrected chi connectivity index (χ2v) is 5.09. The third-order valence-electron chi connectivity index (χ3n) is 3.48. The van der Waals surface area contributed by atoms with E-state index in [0.29, 0.717) is 6.42 Å². The Hall–Kier alpha value is -2.14. The van der Waals surface area contributed by atoms with Gasteiger partial charge in [0.05, 0.1) is 5.52 Å². The number of hydrogen-bond acceptors (Lipinski definition) is 4. The van der Waals surface area contributed by atoms with Crippen LogP contribution in [0.15, 0.2) is 41.7 Å². The predicted molar refractivity (Wildman–Crippen MR) is 80.7 cm³/mol. The van der Waals surface area contributed by atoms with Crippen LogP contribution in [0.1, 0.15) is 18.9 Å². The summed E-state index contributed by atoms with van der Waals surface area (Å²) in [6, 6.07) is 10.5. The summed E-state index contributed by atoms with van der Waals surface area (Å²) in [5.74, 6) is 0.257. The third-order valence-corrected chi connectivity index (χ3v) is 3.48. The first-order chi connectivity index (χ1) is 9.60. The van der Waals surface area contributed by atoms with Crippen molar-refractivity contribution in [2.75, 3.05) is 7.05 Å². The molecule has 0 spiro atoms. The number of rotatable bonds is 5. The van der Waals surface area contributed by atoms with Crippen LogP contribution in [-0.4, -0.2) is 34.0 Å². The largest absolute Gasteiger partial charge is 0.409 e. The Labute approximate surface area is 118 Å². The molecule has 3 N–H and O–H groups in total. The fourth-order valence-electron chi connectivity index (χ4n) is 2.17. The number of oxime groups is 1. The average molecular weight is 272 g/mol. The van der Waals surface area contributed by atoms with Gasteiger partial charge in [0.25, 0.3) is 0 Å². The zero-order valence-electron chi connectivity index (χ0n) is 11.8. The Kier molecular flexibility index (Phi) is 4.53. The monoisotopic (exact) mass is 272 g/mol. The first-order valence-electron chi connectivity index (χ1n) is 6.60. The minimum absolute atomic E-state index is 0.204. The highest BCUT2D eigenvalue weighted by molar-refractivity contribution is 5.80. The highest BCUT2D eigenvalue weighted by Gasteiger charge is 2.12. The number of nitrogens with two attached hydrogens (primary N) is 1. The molecule has 1 aromatic carbocycles. The van der Waals surface area contributed by atoms with Crippen LogP contribution in [0.4, 0.5) is 0 Å². The smallest absolute Gasteiger partial charge is 0.140 e. The number of amidine groups is 1. The second-order valence-electron chi connectivity index (χ2n) is 5.09. The SMILES string of the molecule is CC(CC(N)=NO)N(C)Cc1ccc2ncccc2c1. The zero-order valence-corrected chi connectivity index (χ0v) is 11.8. The summed E-state index contributed by atoms with van der Waals surface area (Å²) in [4.78, 5) is 6.49. The quantitative estimate of drug-likeness (QED) is 0.379. The average Bonchev–Trinajstić information content (AvgIpc) is 2.46. The van der Waals surface area contributed by atoms with Crippen LogP contribution in [0, 0.1) is 0 Å². The summed E-state index contributed by atoms with van der Waals surface area (Å²) < 4.78 is 0. The highest BCUT2D eigenvalue weighted by atomic mass is 16.4. The van der Waals surface area contributed by atoms with E-state index < -0.39 is 0 Å². The fourth-order valence-corrected chi connectivity index (χ4v) is 2.17. The molecular formula is C15H20N4O. The second kappa shape index (κ2) is 6.34. The summed E-state index contributed by atoms with van der Waals surface area (Å²) in [6.45, 7) is 2.87. The van der Waals surface area contributed by atoms with Crippen LogP contribution in [0.3, 0.4) is 0 Å². The molecule has 0 aliphatic carbocycles. The molecule has 5 nitrogen and oxygen atoms in total. The minimum atomic E-state index is 0.204. The Morgan fingerprint density at radius 3 is 3.00 bits per heavy atom. The van der Waals surface area contributed by atoms with E-state index in [-0.39, 0.29) is 11.9 Å². The molecule has 2 aromatic rings. The van der Waals surface area contributed by atoms with Gasteiger partial charge in [-0.05, 0) is 37.7 Å². The first-order valence-corrected chi connectivity index (χ1v) is 6.60. The van der Waals surface area contributed by atoms with Crippen molar-refractivity contribution in [1.82, 2.24) is 9.88 Å². The van der Waals surface area contributed by atoms with Crippen molar-refractivity contribution in [2.45, 2.75) is 25.9 Å². The lowest BCUT2D eigenvalue weighted by atomic mass is 10.1. The van der Waals surface area contributed by atoms with Crippen LogP contribution in [0.2, 0.25) is 0 Å². The Balaban J connectivity index is 2.07. The molecule has 0 saturated carbocycles. The molecule has 1 aromatic heterocycles. The van der Waals surface area contributed by atoms with Crippen LogP contribution < -0.4 is 5.73 Å². The molecule has 106 valence electrons. The molecule has 5 heteroatoms. The molecule has 0 fully saturated rings. The predicted octanol–water partition coefficient (Wildman–Crippen LogP) is 2.19. The van der Waals surface area contributed by atoms with Crippen molar-refractivity contribution in [2.24, 2.45) is 10.9 Å². The number of aromatic nitrogens is 1. The van der Waals surface area contributed by atoms with E-state index in [1.807, 2.05) is 19.2 Å². The molecule has 2 rings (SSSR count). The Bertz CT molecular complexity index is 612. The van der Waals surface area contributed by atoms with E-state index in [2.05, 4.69) is 40.2 Å². The van der Waals surface area contributed by atoms with E-state index in [9.17, 15) is 0 Å². The van der Waals surface area contributed by atoms with Gasteiger partial charge in [0.15, 0.2) is 0 Å². The van der Waals surface area contributed by atoms with E-state index in [4.69, 9.17) is 10.9 Å². The third kappa shape index (κ3) is 3.45. The number of pyridine rings is 1. The first kappa shape index (κ1) is 14.3. The summed E-state index contributed by atoms with van der Waals surface area (Å²) in [5.41, 5.74) is 7.77. The van der Waals surface area contributed by atoms with Crippen LogP contribution in [-0.2, 0) is 6.54 Å². The lowest BCUT2D eigenvalue weighted by Gasteiger charge is -2.24. The van der Waals surface area contributed by atoms with Crippen molar-refractivity contribution in [3.05, 3.63) is 42.1 Å². The van der Waals surface area contributed by atoms with Crippen LogP contribution in [0.5, 0.6) is 0 Å². The normalized spacial score (nSPS) is 13.8. The van der Waals surface area contributed by atoms with Crippen LogP contribution >= 0.6 is 0 Å². The van der Waals surface area contributed by atoms with Gasteiger partial charge in [0.2, 0.25) is 0 Å². The van der Waals surface area contributed by atoms with Crippen molar-refractivity contribution in [3.63, 3.8) is 0 Å². The van der Waals surface area contributed by atoms with Gasteiger partial charge in [-0.3, -0.25) is 9.88 Å². The molecule has 1 unspecified atom stereocenters. The minimum Gasteiger partial charge on any atom is -0.409 e. The molecule has 20 heavy (non-hydrogen) atoms. The summed E-state index contributed by atoms with van der Waals surface area (Å²) in [7, 11) is 2.03. The lowest BCUT2D eigenvalue weighted by Crippen LogP contribution is -2.32. The molecule has 0 aliphatic rings. The van der Waals surface area contributed by atoms with Gasteiger partial charge in [-0.25, -0.2) is 0 Å². The summed E-state index contributed by atoms with van der Waals surface area (Å²) >= 11 is 0. The van der Waals surface area contributed by atoms with Crippen LogP contribution in [0.25, 0.3) is 10.9 Å². The maximum absolute atomic E-state index is 8.61. The molecule has 0 aliphatic heterocycles. The maximum Gasteiger partial charge on any atom is 0.140 e. The number of benzene rings is 1. The molecule has 0 bridgehead atoms. The number of fused-ring (bicyclic) bond motifs is 1. The van der Waals surface area contributed by atoms with E-state index in [0.717, 1.165) is 17.4 Å². The van der Waals surface area contributed by atoms with Crippen molar-refractivity contribution >= 4 is 16.7 Å². The molecule has 1 atom stereocenters. The van der Waals surface area contributed by atoms with Gasteiger partial charge < -0.3 is 10.9 Å². The topological polar surface area (TPSA) is 74.7 Å². The fraction of sp³-hybridized carbons (Fsp3) is 0.333. The molecule has 0 radical (unpaired) electrons. The lowest BCUT2D eigenvalue weighted by molar-refractivity contribution is 0.251. The van der Waals surface area contributed by atoms with Crippen molar-refractivity contribution < 1.29 is 5.21 Å². The number of hydrogen-bond donors (Lipinski definition) is 2. The van der Waals surface area contributed by atoms with Gasteiger partial charge in [0.1, 0.15) is 5.84 Å². The number of nitrogens with zero attached hydrogens (tertiary/aromatic N) is 3. The standard InChI is InChI=1S/C15H20N4O/c1-11(8-15(16)18-20)19(2)10-12-5-6-14-13(9-12)4-3-7-17-14/h3-7,9,11,20H,8,10H2,1-2H3,(H2,16,18). The maximum atomic E-state index is 8.61. The Morgan fingerprint density at radius 1 is 1.45 bits per heavy atom. The highest BCUT2D eigenvalue weighted by Crippen LogP contribution is 2.15.